The highest BCUT2D eigenvalue weighted by Crippen LogP contribution is 2.31. The van der Waals surface area contributed by atoms with E-state index in [0.717, 1.165) is 0 Å². The highest BCUT2D eigenvalue weighted by Gasteiger charge is 2.52. The Bertz CT molecular complexity index is 939. The molecule has 3 rings (SSSR count). The number of aliphatic hydroxyl groups excluding tert-OH is 13. The highest BCUT2D eigenvalue weighted by molar-refractivity contribution is 5.87. The number of ether oxygens (including phenoxy) is 4. The number of rotatable bonds is 14. The van der Waals surface area contributed by atoms with Crippen molar-refractivity contribution in [2.45, 2.75) is 104 Å². The van der Waals surface area contributed by atoms with Gasteiger partial charge in [-0.3, -0.25) is 4.79 Å². The molecule has 0 radical (unpaired) electrons. The van der Waals surface area contributed by atoms with Crippen LogP contribution < -0.4 is 5.32 Å². The number of hydrogen-bond donors (Lipinski definition) is 14. The second-order valence-electron chi connectivity index (χ2n) is 10.9. The summed E-state index contributed by atoms with van der Waals surface area (Å²) in [5.41, 5.74) is 0.391. The van der Waals surface area contributed by atoms with E-state index in [2.05, 4.69) is 5.32 Å². The lowest BCUT2D eigenvalue weighted by atomic mass is 9.88. The first-order valence-corrected chi connectivity index (χ1v) is 13.9. The molecule has 16 atom stereocenters. The normalized spacial score (nSPS) is 41.9. The van der Waals surface area contributed by atoms with Crippen molar-refractivity contribution in [1.29, 1.82) is 0 Å². The predicted octanol–water partition coefficient (Wildman–Crippen LogP) is -8.72. The second kappa shape index (κ2) is 16.5. The predicted molar refractivity (Wildman–Crippen MR) is 139 cm³/mol. The minimum Gasteiger partial charge on any atom is -0.394 e. The van der Waals surface area contributed by atoms with Gasteiger partial charge in [0.25, 0.3) is 0 Å². The molecule has 19 heteroatoms. The molecule has 1 aliphatic carbocycles. The minimum atomic E-state index is -2.07. The molecule has 0 spiro atoms. The number of carbonyl (C=O) groups excluding carboxylic acids is 1. The summed E-state index contributed by atoms with van der Waals surface area (Å²) in [5, 5.41) is 134. The lowest BCUT2D eigenvalue weighted by molar-refractivity contribution is -0.357. The summed E-state index contributed by atoms with van der Waals surface area (Å²) in [7, 11) is 0. The topological polar surface area (TPSA) is 329 Å². The summed E-state index contributed by atoms with van der Waals surface area (Å²) < 4.78 is 21.8. The summed E-state index contributed by atoms with van der Waals surface area (Å²) >= 11 is 0. The van der Waals surface area contributed by atoms with E-state index in [4.69, 9.17) is 24.1 Å². The van der Waals surface area contributed by atoms with Crippen LogP contribution in [0.2, 0.25) is 0 Å². The van der Waals surface area contributed by atoms with Crippen molar-refractivity contribution in [2.75, 3.05) is 33.0 Å². The molecule has 0 aromatic heterocycles. The van der Waals surface area contributed by atoms with Crippen molar-refractivity contribution in [3.63, 3.8) is 0 Å². The summed E-state index contributed by atoms with van der Waals surface area (Å²) in [5.74, 6) is -1.29. The van der Waals surface area contributed by atoms with Gasteiger partial charge in [0, 0.05) is 0 Å². The molecule has 2 saturated heterocycles. The van der Waals surface area contributed by atoms with Gasteiger partial charge in [0.1, 0.15) is 61.0 Å². The third kappa shape index (κ3) is 8.15. The smallest absolute Gasteiger partial charge is 0.195 e. The molecule has 0 bridgehead atoms. The van der Waals surface area contributed by atoms with Crippen LogP contribution in [0.5, 0.6) is 0 Å². The van der Waals surface area contributed by atoms with Gasteiger partial charge in [-0.2, -0.15) is 0 Å². The van der Waals surface area contributed by atoms with E-state index in [0.29, 0.717) is 5.57 Å². The Morgan fingerprint density at radius 1 is 0.841 bits per heavy atom. The number of ketones is 1. The lowest BCUT2D eigenvalue weighted by Gasteiger charge is -2.48. The fourth-order valence-electron chi connectivity index (χ4n) is 5.30. The Hall–Kier alpha value is -1.31. The van der Waals surface area contributed by atoms with E-state index in [9.17, 15) is 66.1 Å². The van der Waals surface area contributed by atoms with Gasteiger partial charge in [0.2, 0.25) is 0 Å². The molecule has 3 aliphatic rings. The monoisotopic (exact) mass is 645 g/mol. The van der Waals surface area contributed by atoms with Gasteiger partial charge < -0.3 is 90.6 Å². The molecule has 0 aromatic carbocycles. The zero-order valence-corrected chi connectivity index (χ0v) is 23.4. The first kappa shape index (κ1) is 37.2. The summed E-state index contributed by atoms with van der Waals surface area (Å²) in [4.78, 5) is 12.3. The molecule has 9 unspecified atom stereocenters. The molecule has 0 aromatic rings. The minimum absolute atomic E-state index is 0.000681. The average Bonchev–Trinajstić information content (AvgIpc) is 3.02. The molecule has 44 heavy (non-hydrogen) atoms. The van der Waals surface area contributed by atoms with Gasteiger partial charge in [-0.15, -0.1) is 0 Å². The van der Waals surface area contributed by atoms with Crippen LogP contribution in [-0.2, 0) is 23.7 Å². The average molecular weight is 646 g/mol. The van der Waals surface area contributed by atoms with Crippen LogP contribution in [0.1, 0.15) is 6.42 Å². The van der Waals surface area contributed by atoms with Crippen molar-refractivity contribution in [3.05, 3.63) is 11.6 Å². The van der Waals surface area contributed by atoms with Crippen LogP contribution in [-0.4, -0.2) is 203 Å². The first-order chi connectivity index (χ1) is 20.8. The number of aliphatic hydroxyl groups is 13. The maximum absolute atomic E-state index is 12.3. The molecular formula is C25H43NO18. The molecule has 2 heterocycles. The Kier molecular flexibility index (Phi) is 13.9. The SMILES string of the molecule is O=C(C(O)CO)C(O[C@H]1OC(CO)C(O[C@@H]2O[C@H](CO)C(NC3C=C(CO)CC(O)[C@H]3O)[C@H](O)C2O)C(O)[C@H]1O)[C@H](O)CO. The zero-order chi connectivity index (χ0) is 32.9. The van der Waals surface area contributed by atoms with Gasteiger partial charge in [-0.1, -0.05) is 6.08 Å². The molecule has 0 saturated carbocycles. The maximum Gasteiger partial charge on any atom is 0.195 e. The van der Waals surface area contributed by atoms with E-state index in [1.807, 2.05) is 0 Å². The number of carbonyl (C=O) groups is 1. The Morgan fingerprint density at radius 2 is 1.45 bits per heavy atom. The van der Waals surface area contributed by atoms with E-state index in [-0.39, 0.29) is 6.42 Å². The van der Waals surface area contributed by atoms with Crippen molar-refractivity contribution in [3.8, 4) is 0 Å². The van der Waals surface area contributed by atoms with Crippen LogP contribution in [0.25, 0.3) is 0 Å². The van der Waals surface area contributed by atoms with Gasteiger partial charge in [-0.05, 0) is 12.0 Å². The summed E-state index contributed by atoms with van der Waals surface area (Å²) in [6.45, 7) is -4.21. The molecule has 256 valence electrons. The lowest BCUT2D eigenvalue weighted by Crippen LogP contribution is -2.68. The zero-order valence-electron chi connectivity index (χ0n) is 23.4. The van der Waals surface area contributed by atoms with Crippen molar-refractivity contribution < 1.29 is 90.1 Å². The highest BCUT2D eigenvalue weighted by atomic mass is 16.7. The molecule has 2 fully saturated rings. The van der Waals surface area contributed by atoms with Crippen molar-refractivity contribution >= 4 is 5.78 Å². The first-order valence-electron chi connectivity index (χ1n) is 13.9. The molecular weight excluding hydrogens is 602 g/mol. The summed E-state index contributed by atoms with van der Waals surface area (Å²) in [6.07, 6.45) is -23.3. The second-order valence-corrected chi connectivity index (χ2v) is 10.9. The van der Waals surface area contributed by atoms with Crippen LogP contribution in [0.4, 0.5) is 0 Å². The molecule has 14 N–H and O–H groups in total. The maximum atomic E-state index is 12.3. The Labute approximate surface area is 250 Å². The number of nitrogens with one attached hydrogen (secondary N) is 1. The van der Waals surface area contributed by atoms with Gasteiger partial charge >= 0.3 is 0 Å². The van der Waals surface area contributed by atoms with Crippen molar-refractivity contribution in [1.82, 2.24) is 5.32 Å². The van der Waals surface area contributed by atoms with Gasteiger partial charge in [-0.25, -0.2) is 0 Å². The van der Waals surface area contributed by atoms with Crippen LogP contribution in [0.15, 0.2) is 11.6 Å². The fraction of sp³-hybridized carbons (Fsp3) is 0.880. The van der Waals surface area contributed by atoms with Crippen LogP contribution >= 0.6 is 0 Å². The van der Waals surface area contributed by atoms with Crippen molar-refractivity contribution in [2.24, 2.45) is 0 Å². The molecule has 0 amide bonds. The van der Waals surface area contributed by atoms with E-state index in [1.165, 1.54) is 6.08 Å². The fourth-order valence-corrected chi connectivity index (χ4v) is 5.30. The Morgan fingerprint density at radius 3 is 2.02 bits per heavy atom. The quantitative estimate of drug-likeness (QED) is 0.0779. The van der Waals surface area contributed by atoms with E-state index in [1.54, 1.807) is 0 Å². The third-order valence-corrected chi connectivity index (χ3v) is 7.83. The van der Waals surface area contributed by atoms with E-state index >= 15 is 0 Å². The van der Waals surface area contributed by atoms with Crippen LogP contribution in [0, 0.1) is 0 Å². The van der Waals surface area contributed by atoms with Gasteiger partial charge in [0.05, 0.1) is 57.3 Å². The largest absolute Gasteiger partial charge is 0.394 e. The standard InChI is InChI=1S/C25H43NO18/c27-3-8-1-9(16(35)10(32)2-8)26-15-13(6-30)41-24(20(39)18(15)37)44-23-14(7-31)42-25(21(40)19(23)38)43-22(12(34)5-29)17(36)11(33)4-28/h1,9-16,18-35,37-40H,2-7H2/t9?,10?,11?,12-,13-,14?,15?,16+,18+,19?,20?,21-,22?,23?,24+,25-/m1/s1. The molecule has 19 nitrogen and oxygen atoms in total. The third-order valence-electron chi connectivity index (χ3n) is 7.83. The Balaban J connectivity index is 1.74. The van der Waals surface area contributed by atoms with Gasteiger partial charge in [0.15, 0.2) is 18.4 Å². The van der Waals surface area contributed by atoms with Crippen LogP contribution in [0.3, 0.4) is 0 Å². The number of hydrogen-bond acceptors (Lipinski definition) is 19. The summed E-state index contributed by atoms with van der Waals surface area (Å²) in [6, 6.07) is -2.29. The molecule has 2 aliphatic heterocycles. The van der Waals surface area contributed by atoms with E-state index < -0.39 is 137 Å². The number of Topliss-reactive ketones (excluding diaryl/α,β-unsaturated/α-hetero) is 1.